The zero-order chi connectivity index (χ0) is 26.6. The molecule has 0 saturated carbocycles. The Labute approximate surface area is 217 Å². The molecule has 0 saturated heterocycles. The van der Waals surface area contributed by atoms with Gasteiger partial charge in [0.15, 0.2) is 0 Å². The lowest BCUT2D eigenvalue weighted by atomic mass is 9.97. The molecule has 0 fully saturated rings. The van der Waals surface area contributed by atoms with Crippen LogP contribution in [0.4, 0.5) is 5.69 Å². The van der Waals surface area contributed by atoms with Crippen LogP contribution in [-0.2, 0) is 24.4 Å². The minimum Gasteiger partial charge on any atom is -0.372 e. The van der Waals surface area contributed by atoms with Crippen molar-refractivity contribution in [2.24, 2.45) is 14.1 Å². The lowest BCUT2D eigenvalue weighted by molar-refractivity contribution is -0.00706. The number of ether oxygens (including phenoxy) is 1. The fourth-order valence-electron chi connectivity index (χ4n) is 5.77. The Kier molecular flexibility index (Phi) is 6.15. The number of rotatable bonds is 5. The third-order valence-corrected chi connectivity index (χ3v) is 7.68. The van der Waals surface area contributed by atoms with Crippen LogP contribution in [0, 0.1) is 6.92 Å². The summed E-state index contributed by atoms with van der Waals surface area (Å²) in [5.74, 6) is 0. The Hall–Kier alpha value is -3.58. The van der Waals surface area contributed by atoms with Gasteiger partial charge < -0.3 is 14.2 Å². The molecule has 0 amide bonds. The Morgan fingerprint density at radius 3 is 2.30 bits per heavy atom. The van der Waals surface area contributed by atoms with Gasteiger partial charge in [0, 0.05) is 32.9 Å². The van der Waals surface area contributed by atoms with E-state index in [1.54, 1.807) is 18.7 Å². The first kappa shape index (κ1) is 25.1. The third-order valence-electron chi connectivity index (χ3n) is 7.68. The largest absolute Gasteiger partial charge is 0.372 e. The maximum Gasteiger partial charge on any atom is 0.331 e. The maximum absolute atomic E-state index is 13.7. The van der Waals surface area contributed by atoms with E-state index in [2.05, 4.69) is 67.5 Å². The molecule has 0 unspecified atom stereocenters. The van der Waals surface area contributed by atoms with Crippen LogP contribution in [0.1, 0.15) is 50.6 Å². The van der Waals surface area contributed by atoms with Crippen LogP contribution in [0.5, 0.6) is 0 Å². The summed E-state index contributed by atoms with van der Waals surface area (Å²) in [7, 11) is 3.29. The van der Waals surface area contributed by atoms with E-state index in [0.717, 1.165) is 46.9 Å². The van der Waals surface area contributed by atoms with Gasteiger partial charge in [0.25, 0.3) is 5.56 Å². The zero-order valence-electron chi connectivity index (χ0n) is 22.8. The summed E-state index contributed by atoms with van der Waals surface area (Å²) < 4.78 is 11.6. The number of fused-ring (bicyclic) bond motifs is 3. The van der Waals surface area contributed by atoms with Gasteiger partial charge in [0.05, 0.1) is 34.4 Å². The van der Waals surface area contributed by atoms with Crippen molar-refractivity contribution in [3.63, 3.8) is 0 Å². The van der Waals surface area contributed by atoms with E-state index < -0.39 is 11.6 Å². The molecule has 0 radical (unpaired) electrons. The number of aromatic nitrogens is 3. The van der Waals surface area contributed by atoms with E-state index in [1.165, 1.54) is 4.57 Å². The van der Waals surface area contributed by atoms with Crippen LogP contribution in [0.2, 0.25) is 0 Å². The van der Waals surface area contributed by atoms with Crippen LogP contribution in [-0.4, -0.2) is 33.4 Å². The molecule has 0 spiro atoms. The Morgan fingerprint density at radius 2 is 1.68 bits per heavy atom. The average Bonchev–Trinajstić information content (AvgIpc) is 3.25. The monoisotopic (exact) mass is 500 g/mol. The van der Waals surface area contributed by atoms with Crippen molar-refractivity contribution >= 4 is 16.6 Å². The summed E-state index contributed by atoms with van der Waals surface area (Å²) in [6.45, 7) is 12.9. The predicted molar refractivity (Wildman–Crippen MR) is 150 cm³/mol. The highest BCUT2D eigenvalue weighted by atomic mass is 16.5. The smallest absolute Gasteiger partial charge is 0.331 e. The Bertz CT molecular complexity index is 1600. The third kappa shape index (κ3) is 3.84. The molecule has 37 heavy (non-hydrogen) atoms. The van der Waals surface area contributed by atoms with Crippen LogP contribution in [0.15, 0.2) is 58.1 Å². The van der Waals surface area contributed by atoms with E-state index >= 15 is 0 Å². The molecule has 7 heteroatoms. The molecule has 7 nitrogen and oxygen atoms in total. The normalized spacial score (nSPS) is 16.7. The van der Waals surface area contributed by atoms with Gasteiger partial charge in [-0.25, -0.2) is 4.79 Å². The van der Waals surface area contributed by atoms with Gasteiger partial charge in [-0.05, 0) is 63.9 Å². The van der Waals surface area contributed by atoms with Gasteiger partial charge in [-0.1, -0.05) is 35.9 Å². The van der Waals surface area contributed by atoms with E-state index in [9.17, 15) is 9.59 Å². The van der Waals surface area contributed by atoms with Gasteiger partial charge in [0.2, 0.25) is 0 Å². The molecule has 4 aromatic rings. The molecule has 3 heterocycles. The van der Waals surface area contributed by atoms with Crippen LogP contribution in [0.25, 0.3) is 22.2 Å². The topological polar surface area (TPSA) is 61.4 Å². The quantitative estimate of drug-likeness (QED) is 0.398. The van der Waals surface area contributed by atoms with Gasteiger partial charge in [-0.15, -0.1) is 0 Å². The summed E-state index contributed by atoms with van der Waals surface area (Å²) in [5, 5.41) is 0.550. The summed E-state index contributed by atoms with van der Waals surface area (Å²) >= 11 is 0. The standard InChI is InChI=1S/C30H36N4O3/c1-8-33(9-2)22-15-13-20(14-16-22)27-26-25-23(28(35)32(7)29(36)31(25)6)24(21-12-10-11-19(3)17-21)34(26)30(4,5)18-37-27/h10-17,27H,8-9,18H2,1-7H3/t27-/m0/s1. The number of benzene rings is 2. The molecule has 2 aromatic carbocycles. The average molecular weight is 501 g/mol. The molecule has 0 N–H and O–H groups in total. The highest BCUT2D eigenvalue weighted by molar-refractivity contribution is 5.97. The molecule has 0 bridgehead atoms. The minimum atomic E-state index is -0.438. The number of nitrogens with zero attached hydrogens (tertiary/aromatic N) is 4. The first-order valence-corrected chi connectivity index (χ1v) is 13.0. The fraction of sp³-hybridized carbons (Fsp3) is 0.400. The fourth-order valence-corrected chi connectivity index (χ4v) is 5.77. The number of hydrogen-bond donors (Lipinski definition) is 0. The van der Waals surface area contributed by atoms with E-state index in [-0.39, 0.29) is 11.2 Å². The lowest BCUT2D eigenvalue weighted by Crippen LogP contribution is -2.40. The van der Waals surface area contributed by atoms with Gasteiger partial charge in [0.1, 0.15) is 6.10 Å². The molecule has 0 aliphatic carbocycles. The Balaban J connectivity index is 1.88. The number of aryl methyl sites for hydroxylation is 2. The van der Waals surface area contributed by atoms with Crippen molar-refractivity contribution in [2.75, 3.05) is 24.6 Å². The first-order chi connectivity index (χ1) is 17.6. The molecular weight excluding hydrogens is 464 g/mol. The van der Waals surface area contributed by atoms with Gasteiger partial charge in [-0.2, -0.15) is 0 Å². The SMILES string of the molecule is CCN(CC)c1ccc([C@@H]2OCC(C)(C)n3c(-c4cccc(C)c4)c4c(=O)n(C)c(=O)n(C)c4c32)cc1. The highest BCUT2D eigenvalue weighted by Crippen LogP contribution is 2.45. The zero-order valence-corrected chi connectivity index (χ0v) is 22.8. The second-order valence-corrected chi connectivity index (χ2v) is 10.6. The summed E-state index contributed by atoms with van der Waals surface area (Å²) in [6.07, 6.45) is -0.419. The van der Waals surface area contributed by atoms with Crippen LogP contribution >= 0.6 is 0 Å². The number of anilines is 1. The number of hydrogen-bond acceptors (Lipinski definition) is 4. The van der Waals surface area contributed by atoms with Crippen molar-refractivity contribution in [2.45, 2.75) is 46.3 Å². The maximum atomic E-state index is 13.7. The van der Waals surface area contributed by atoms with E-state index in [4.69, 9.17) is 4.74 Å². The van der Waals surface area contributed by atoms with Gasteiger partial charge in [-0.3, -0.25) is 13.9 Å². The highest BCUT2D eigenvalue weighted by Gasteiger charge is 2.40. The van der Waals surface area contributed by atoms with Crippen molar-refractivity contribution in [3.8, 4) is 11.3 Å². The van der Waals surface area contributed by atoms with Crippen molar-refractivity contribution in [3.05, 3.63) is 86.2 Å². The molecule has 1 atom stereocenters. The van der Waals surface area contributed by atoms with Crippen molar-refractivity contribution < 1.29 is 4.74 Å². The molecule has 5 rings (SSSR count). The summed E-state index contributed by atoms with van der Waals surface area (Å²) in [5.41, 5.74) is 5.46. The molecular formula is C30H36N4O3. The van der Waals surface area contributed by atoms with Crippen LogP contribution < -0.4 is 16.1 Å². The van der Waals surface area contributed by atoms with E-state index in [1.807, 2.05) is 25.1 Å². The Morgan fingerprint density at radius 1 is 1.00 bits per heavy atom. The van der Waals surface area contributed by atoms with Crippen molar-refractivity contribution in [1.82, 2.24) is 13.7 Å². The molecule has 1 aliphatic heterocycles. The summed E-state index contributed by atoms with van der Waals surface area (Å²) in [6, 6.07) is 16.7. The first-order valence-electron chi connectivity index (χ1n) is 13.0. The second-order valence-electron chi connectivity index (χ2n) is 10.6. The van der Waals surface area contributed by atoms with E-state index in [0.29, 0.717) is 17.5 Å². The second kappa shape index (κ2) is 9.06. The molecule has 194 valence electrons. The minimum absolute atomic E-state index is 0.289. The molecule has 1 aliphatic rings. The van der Waals surface area contributed by atoms with Crippen molar-refractivity contribution in [1.29, 1.82) is 0 Å². The predicted octanol–water partition coefficient (Wildman–Crippen LogP) is 4.72. The van der Waals surface area contributed by atoms with Gasteiger partial charge >= 0.3 is 5.69 Å². The van der Waals surface area contributed by atoms with Crippen LogP contribution in [0.3, 0.4) is 0 Å². The molecule has 2 aromatic heterocycles. The summed E-state index contributed by atoms with van der Waals surface area (Å²) in [4.78, 5) is 29.2. The lowest BCUT2D eigenvalue weighted by Gasteiger charge is -2.39.